The van der Waals surface area contributed by atoms with Gasteiger partial charge in [0.25, 0.3) is 0 Å². The van der Waals surface area contributed by atoms with Crippen molar-refractivity contribution in [2.45, 2.75) is 38.7 Å². The Bertz CT molecular complexity index is 1160. The molecule has 142 valence electrons. The monoisotopic (exact) mass is 411 g/mol. The maximum Gasteiger partial charge on any atom is 0.192 e. The highest BCUT2D eigenvalue weighted by Crippen LogP contribution is 2.36. The normalized spacial score (nSPS) is 14.6. The Morgan fingerprint density at radius 2 is 2.04 bits per heavy atom. The van der Waals surface area contributed by atoms with E-state index in [0.29, 0.717) is 10.8 Å². The van der Waals surface area contributed by atoms with Crippen LogP contribution in [0.4, 0.5) is 0 Å². The molecule has 0 spiro atoms. The molecule has 0 aliphatic heterocycles. The summed E-state index contributed by atoms with van der Waals surface area (Å²) in [4.78, 5) is 17.2. The predicted molar refractivity (Wildman–Crippen MR) is 111 cm³/mol. The molecular formula is C20H18ClN5OS. The summed E-state index contributed by atoms with van der Waals surface area (Å²) in [5.74, 6) is 0.594. The molecule has 28 heavy (non-hydrogen) atoms. The summed E-state index contributed by atoms with van der Waals surface area (Å²) in [6, 6.07) is 7.38. The summed E-state index contributed by atoms with van der Waals surface area (Å²) in [6.07, 6.45) is 9.40. The summed E-state index contributed by atoms with van der Waals surface area (Å²) in [5.41, 5.74) is 3.19. The van der Waals surface area contributed by atoms with Crippen molar-refractivity contribution in [2.75, 3.05) is 0 Å². The van der Waals surface area contributed by atoms with Gasteiger partial charge in [0.2, 0.25) is 0 Å². The van der Waals surface area contributed by atoms with Crippen LogP contribution in [0.3, 0.4) is 0 Å². The lowest BCUT2D eigenvalue weighted by molar-refractivity contribution is 0.126. The molecule has 0 bridgehead atoms. The molecular weight excluding hydrogens is 394 g/mol. The van der Waals surface area contributed by atoms with Gasteiger partial charge in [0.1, 0.15) is 11.2 Å². The van der Waals surface area contributed by atoms with E-state index in [9.17, 15) is 0 Å². The molecule has 0 N–H and O–H groups in total. The maximum absolute atomic E-state index is 5.88. The molecule has 0 atom stereocenters. The van der Waals surface area contributed by atoms with Crippen LogP contribution in [0.15, 0.2) is 35.7 Å². The Morgan fingerprint density at radius 3 is 2.93 bits per heavy atom. The molecule has 3 heterocycles. The number of nitrogens with zero attached hydrogens (tertiary/aromatic N) is 5. The van der Waals surface area contributed by atoms with Crippen molar-refractivity contribution in [2.24, 2.45) is 5.16 Å². The van der Waals surface area contributed by atoms with Crippen LogP contribution >= 0.6 is 22.9 Å². The maximum atomic E-state index is 5.88. The van der Waals surface area contributed by atoms with Gasteiger partial charge < -0.3 is 4.84 Å². The van der Waals surface area contributed by atoms with Gasteiger partial charge >= 0.3 is 0 Å². The van der Waals surface area contributed by atoms with Crippen LogP contribution in [0.5, 0.6) is 0 Å². The van der Waals surface area contributed by atoms with Gasteiger partial charge in [-0.15, -0.1) is 16.4 Å². The first-order valence-corrected chi connectivity index (χ1v) is 10.5. The Labute approximate surface area is 170 Å². The van der Waals surface area contributed by atoms with E-state index in [1.54, 1.807) is 28.4 Å². The lowest BCUT2D eigenvalue weighted by Crippen LogP contribution is -1.93. The van der Waals surface area contributed by atoms with Crippen molar-refractivity contribution in [3.05, 3.63) is 57.4 Å². The van der Waals surface area contributed by atoms with Crippen molar-refractivity contribution in [3.8, 4) is 0 Å². The van der Waals surface area contributed by atoms with Gasteiger partial charge in [-0.1, -0.05) is 35.3 Å². The van der Waals surface area contributed by atoms with Gasteiger partial charge in [-0.05, 0) is 48.9 Å². The summed E-state index contributed by atoms with van der Waals surface area (Å²) < 4.78 is 1.75. The summed E-state index contributed by atoms with van der Waals surface area (Å²) in [5, 5.41) is 10.4. The fourth-order valence-electron chi connectivity index (χ4n) is 3.58. The van der Waals surface area contributed by atoms with E-state index in [1.807, 2.05) is 24.3 Å². The van der Waals surface area contributed by atoms with Crippen LogP contribution in [0, 0.1) is 0 Å². The van der Waals surface area contributed by atoms with Crippen LogP contribution in [0.25, 0.3) is 15.9 Å². The SMILES string of the molecule is Clc1ccc(/C=N\OCc2nc3c4c5c(sc4ncn3n2)CCCCC5)cc1. The van der Waals surface area contributed by atoms with Gasteiger partial charge in [0.15, 0.2) is 18.1 Å². The molecule has 1 aliphatic carbocycles. The van der Waals surface area contributed by atoms with Gasteiger partial charge in [-0.3, -0.25) is 0 Å². The van der Waals surface area contributed by atoms with Crippen molar-refractivity contribution >= 4 is 45.0 Å². The van der Waals surface area contributed by atoms with Gasteiger partial charge in [0.05, 0.1) is 11.6 Å². The predicted octanol–water partition coefficient (Wildman–Crippen LogP) is 4.81. The van der Waals surface area contributed by atoms with E-state index in [2.05, 4.69) is 15.2 Å². The van der Waals surface area contributed by atoms with E-state index in [1.165, 1.54) is 29.7 Å². The fraction of sp³-hybridized carbons (Fsp3) is 0.300. The number of hydrogen-bond acceptors (Lipinski definition) is 6. The van der Waals surface area contributed by atoms with Crippen molar-refractivity contribution < 1.29 is 4.84 Å². The molecule has 1 aliphatic rings. The van der Waals surface area contributed by atoms with E-state index < -0.39 is 0 Å². The van der Waals surface area contributed by atoms with Gasteiger partial charge in [-0.25, -0.2) is 14.5 Å². The minimum Gasteiger partial charge on any atom is -0.387 e. The Balaban J connectivity index is 1.39. The fourth-order valence-corrected chi connectivity index (χ4v) is 4.93. The number of oxime groups is 1. The lowest BCUT2D eigenvalue weighted by Gasteiger charge is -1.98. The van der Waals surface area contributed by atoms with Crippen LogP contribution in [0.1, 0.15) is 41.1 Å². The van der Waals surface area contributed by atoms with E-state index in [-0.39, 0.29) is 6.61 Å². The number of benzene rings is 1. The molecule has 0 radical (unpaired) electrons. The van der Waals surface area contributed by atoms with Gasteiger partial charge in [0, 0.05) is 9.90 Å². The molecule has 5 rings (SSSR count). The average molecular weight is 412 g/mol. The number of hydrogen-bond donors (Lipinski definition) is 0. The third kappa shape index (κ3) is 3.36. The molecule has 6 nitrogen and oxygen atoms in total. The second-order valence-electron chi connectivity index (χ2n) is 6.84. The van der Waals surface area contributed by atoms with Crippen LogP contribution in [0.2, 0.25) is 5.02 Å². The number of aromatic nitrogens is 4. The van der Waals surface area contributed by atoms with Gasteiger partial charge in [-0.2, -0.15) is 0 Å². The molecule has 0 fully saturated rings. The first kappa shape index (κ1) is 17.6. The Morgan fingerprint density at radius 1 is 1.18 bits per heavy atom. The largest absolute Gasteiger partial charge is 0.387 e. The van der Waals surface area contributed by atoms with E-state index in [4.69, 9.17) is 21.4 Å². The zero-order valence-electron chi connectivity index (χ0n) is 15.1. The molecule has 3 aromatic heterocycles. The minimum atomic E-state index is 0.208. The van der Waals surface area contributed by atoms with E-state index >= 15 is 0 Å². The second kappa shape index (κ2) is 7.48. The zero-order chi connectivity index (χ0) is 18.9. The highest BCUT2D eigenvalue weighted by Gasteiger charge is 2.19. The number of halogens is 1. The smallest absolute Gasteiger partial charge is 0.192 e. The molecule has 0 saturated carbocycles. The second-order valence-corrected chi connectivity index (χ2v) is 8.36. The van der Waals surface area contributed by atoms with Crippen molar-refractivity contribution in [1.29, 1.82) is 0 Å². The first-order valence-electron chi connectivity index (χ1n) is 9.33. The topological polar surface area (TPSA) is 64.7 Å². The summed E-state index contributed by atoms with van der Waals surface area (Å²) in [6.45, 7) is 0.208. The summed E-state index contributed by atoms with van der Waals surface area (Å²) in [7, 11) is 0. The quantitative estimate of drug-likeness (QED) is 0.274. The van der Waals surface area contributed by atoms with Crippen molar-refractivity contribution in [1.82, 2.24) is 19.6 Å². The van der Waals surface area contributed by atoms with Crippen LogP contribution in [-0.4, -0.2) is 25.8 Å². The third-order valence-electron chi connectivity index (χ3n) is 4.93. The highest BCUT2D eigenvalue weighted by molar-refractivity contribution is 7.19. The number of aryl methyl sites for hydroxylation is 2. The van der Waals surface area contributed by atoms with Crippen LogP contribution in [-0.2, 0) is 24.3 Å². The number of fused-ring (bicyclic) bond motifs is 5. The molecule has 8 heteroatoms. The highest BCUT2D eigenvalue weighted by atomic mass is 35.5. The molecule has 0 amide bonds. The first-order chi connectivity index (χ1) is 13.8. The molecule has 4 aromatic rings. The zero-order valence-corrected chi connectivity index (χ0v) is 16.7. The Kier molecular flexibility index (Phi) is 4.70. The number of rotatable bonds is 4. The molecule has 1 aromatic carbocycles. The minimum absolute atomic E-state index is 0.208. The average Bonchev–Trinajstić information content (AvgIpc) is 3.19. The van der Waals surface area contributed by atoms with Crippen LogP contribution < -0.4 is 0 Å². The molecule has 0 saturated heterocycles. The van der Waals surface area contributed by atoms with Crippen molar-refractivity contribution in [3.63, 3.8) is 0 Å². The standard InChI is InChI=1S/C20H18ClN5OS/c21-14-8-6-13(7-9-14)10-23-27-11-17-24-19-18-15-4-2-1-3-5-16(15)28-20(18)22-12-26(19)25-17/h6-10,12H,1-5,11H2/b23-10-. The third-order valence-corrected chi connectivity index (χ3v) is 6.38. The molecule has 0 unspecified atom stereocenters. The number of thiophene rings is 1. The summed E-state index contributed by atoms with van der Waals surface area (Å²) >= 11 is 7.68. The Hall–Kier alpha value is -2.51. The lowest BCUT2D eigenvalue weighted by atomic mass is 10.1. The van der Waals surface area contributed by atoms with E-state index in [0.717, 1.165) is 34.3 Å².